The molecule has 3 heteroatoms. The summed E-state index contributed by atoms with van der Waals surface area (Å²) >= 11 is 0. The van der Waals surface area contributed by atoms with Crippen LogP contribution >= 0.6 is 0 Å². The minimum absolute atomic E-state index is 0.305. The summed E-state index contributed by atoms with van der Waals surface area (Å²) in [6, 6.07) is 0. The molecule has 0 spiro atoms. The Morgan fingerprint density at radius 2 is 1.04 bits per heavy atom. The summed E-state index contributed by atoms with van der Waals surface area (Å²) in [5, 5.41) is 0. The molecule has 0 saturated heterocycles. The van der Waals surface area contributed by atoms with Gasteiger partial charge in [0.1, 0.15) is 0 Å². The van der Waals surface area contributed by atoms with Gasteiger partial charge in [0.2, 0.25) is 5.91 Å². The third-order valence-corrected chi connectivity index (χ3v) is 4.80. The predicted molar refractivity (Wildman–Crippen MR) is 107 cm³/mol. The Bertz CT molecular complexity index is 279. The van der Waals surface area contributed by atoms with E-state index in [0.29, 0.717) is 5.91 Å². The highest BCUT2D eigenvalue weighted by atomic mass is 16.2. The van der Waals surface area contributed by atoms with E-state index in [1.165, 1.54) is 77.0 Å². The van der Waals surface area contributed by atoms with Gasteiger partial charge in [-0.2, -0.15) is 0 Å². The Labute approximate surface area is 152 Å². The Kier molecular flexibility index (Phi) is 16.8. The molecule has 0 aromatic rings. The monoisotopic (exact) mass is 340 g/mol. The van der Waals surface area contributed by atoms with Crippen LogP contribution in [0.2, 0.25) is 0 Å². The van der Waals surface area contributed by atoms with Crippen molar-refractivity contribution < 1.29 is 4.79 Å². The van der Waals surface area contributed by atoms with Gasteiger partial charge in [0, 0.05) is 26.6 Å². The lowest BCUT2D eigenvalue weighted by Crippen LogP contribution is -2.33. The van der Waals surface area contributed by atoms with E-state index in [-0.39, 0.29) is 0 Å². The zero-order valence-electron chi connectivity index (χ0n) is 17.1. The highest BCUT2D eigenvalue weighted by Gasteiger charge is 2.07. The average Bonchev–Trinajstić information content (AvgIpc) is 2.56. The molecule has 0 radical (unpaired) electrons. The number of unbranched alkanes of at least 4 members (excludes halogenated alkanes) is 12. The largest absolute Gasteiger partial charge is 0.344 e. The number of hydrogen-bond acceptors (Lipinski definition) is 2. The first-order valence-electron chi connectivity index (χ1n) is 10.5. The van der Waals surface area contributed by atoms with Crippen molar-refractivity contribution in [2.24, 2.45) is 0 Å². The molecule has 0 bridgehead atoms. The lowest BCUT2D eigenvalue weighted by molar-refractivity contribution is -0.130. The van der Waals surface area contributed by atoms with Crippen molar-refractivity contribution in [3.05, 3.63) is 0 Å². The highest BCUT2D eigenvalue weighted by Crippen LogP contribution is 2.13. The van der Waals surface area contributed by atoms with Gasteiger partial charge in [-0.25, -0.2) is 0 Å². The molecule has 3 nitrogen and oxygen atoms in total. The molecule has 0 aliphatic carbocycles. The summed E-state index contributed by atoms with van der Waals surface area (Å²) in [6.45, 7) is 4.06. The van der Waals surface area contributed by atoms with Crippen LogP contribution in [0.25, 0.3) is 0 Å². The lowest BCUT2D eigenvalue weighted by atomic mass is 10.0. The second kappa shape index (κ2) is 17.3. The molecule has 144 valence electrons. The van der Waals surface area contributed by atoms with Crippen molar-refractivity contribution in [1.29, 1.82) is 0 Å². The molecule has 0 unspecified atom stereocenters. The van der Waals surface area contributed by atoms with E-state index < -0.39 is 0 Å². The number of nitrogens with zero attached hydrogens (tertiary/aromatic N) is 2. The van der Waals surface area contributed by atoms with Gasteiger partial charge in [-0.1, -0.05) is 84.0 Å². The zero-order valence-corrected chi connectivity index (χ0v) is 17.1. The SMILES string of the molecule is CCCCCCCCCCCCCCCC(=O)N(C)CCN(C)C. The van der Waals surface area contributed by atoms with E-state index in [1.54, 1.807) is 0 Å². The fraction of sp³-hybridized carbons (Fsp3) is 0.952. The molecule has 0 aliphatic heterocycles. The van der Waals surface area contributed by atoms with Crippen molar-refractivity contribution in [2.45, 2.75) is 96.8 Å². The normalized spacial score (nSPS) is 11.2. The van der Waals surface area contributed by atoms with E-state index in [1.807, 2.05) is 26.0 Å². The fourth-order valence-electron chi connectivity index (χ4n) is 2.96. The van der Waals surface area contributed by atoms with Crippen LogP contribution in [0.3, 0.4) is 0 Å². The average molecular weight is 341 g/mol. The van der Waals surface area contributed by atoms with E-state index in [4.69, 9.17) is 0 Å². The third-order valence-electron chi connectivity index (χ3n) is 4.80. The molecule has 0 aromatic carbocycles. The van der Waals surface area contributed by atoms with Gasteiger partial charge >= 0.3 is 0 Å². The Morgan fingerprint density at radius 1 is 0.625 bits per heavy atom. The second-order valence-electron chi connectivity index (χ2n) is 7.61. The minimum atomic E-state index is 0.305. The molecule has 0 N–H and O–H groups in total. The second-order valence-corrected chi connectivity index (χ2v) is 7.61. The first-order valence-corrected chi connectivity index (χ1v) is 10.5. The number of likely N-dealkylation sites (N-methyl/N-ethyl adjacent to an activating group) is 2. The summed E-state index contributed by atoms with van der Waals surface area (Å²) in [4.78, 5) is 16.0. The van der Waals surface area contributed by atoms with Crippen molar-refractivity contribution >= 4 is 5.91 Å². The van der Waals surface area contributed by atoms with Crippen molar-refractivity contribution in [3.63, 3.8) is 0 Å². The van der Waals surface area contributed by atoms with Crippen LogP contribution in [0.5, 0.6) is 0 Å². The highest BCUT2D eigenvalue weighted by molar-refractivity contribution is 5.75. The molecule has 0 atom stereocenters. The number of carbonyl (C=O) groups is 1. The molecule has 0 heterocycles. The zero-order chi connectivity index (χ0) is 18.0. The Hall–Kier alpha value is -0.570. The molecular weight excluding hydrogens is 296 g/mol. The van der Waals surface area contributed by atoms with Gasteiger partial charge in [-0.15, -0.1) is 0 Å². The van der Waals surface area contributed by atoms with Crippen LogP contribution in [0.15, 0.2) is 0 Å². The number of carbonyl (C=O) groups excluding carboxylic acids is 1. The van der Waals surface area contributed by atoms with Crippen molar-refractivity contribution in [3.8, 4) is 0 Å². The maximum atomic E-state index is 12.0. The van der Waals surface area contributed by atoms with Gasteiger partial charge in [0.25, 0.3) is 0 Å². The van der Waals surface area contributed by atoms with E-state index in [0.717, 1.165) is 25.9 Å². The van der Waals surface area contributed by atoms with Crippen LogP contribution < -0.4 is 0 Å². The number of amides is 1. The summed E-state index contributed by atoms with van der Waals surface area (Å²) in [7, 11) is 6.02. The topological polar surface area (TPSA) is 23.6 Å². The van der Waals surface area contributed by atoms with Gasteiger partial charge in [0.15, 0.2) is 0 Å². The summed E-state index contributed by atoms with van der Waals surface area (Å²) in [5.41, 5.74) is 0. The van der Waals surface area contributed by atoms with Crippen LogP contribution in [0.1, 0.15) is 96.8 Å². The molecule has 0 fully saturated rings. The maximum Gasteiger partial charge on any atom is 0.222 e. The summed E-state index contributed by atoms with van der Waals surface area (Å²) in [6.07, 6.45) is 18.3. The lowest BCUT2D eigenvalue weighted by Gasteiger charge is -2.19. The predicted octanol–water partition coefficient (Wildman–Crippen LogP) is 5.49. The van der Waals surface area contributed by atoms with Crippen LogP contribution in [-0.2, 0) is 4.79 Å². The standard InChI is InChI=1S/C21H44N2O/c1-5-6-7-8-9-10-11-12-13-14-15-16-17-18-21(24)23(4)20-19-22(2)3/h5-20H2,1-4H3. The first kappa shape index (κ1) is 23.4. The van der Waals surface area contributed by atoms with Gasteiger partial charge in [0.05, 0.1) is 0 Å². The van der Waals surface area contributed by atoms with Crippen LogP contribution in [-0.4, -0.2) is 49.9 Å². The van der Waals surface area contributed by atoms with Crippen molar-refractivity contribution in [2.75, 3.05) is 34.2 Å². The summed E-state index contributed by atoms with van der Waals surface area (Å²) in [5.74, 6) is 0.305. The molecule has 0 aromatic heterocycles. The Balaban J connectivity index is 3.25. The fourth-order valence-corrected chi connectivity index (χ4v) is 2.96. The van der Waals surface area contributed by atoms with E-state index in [9.17, 15) is 4.79 Å². The quantitative estimate of drug-likeness (QED) is 0.327. The van der Waals surface area contributed by atoms with Gasteiger partial charge in [-0.05, 0) is 20.5 Å². The third kappa shape index (κ3) is 16.3. The molecule has 0 saturated carbocycles. The van der Waals surface area contributed by atoms with E-state index in [2.05, 4.69) is 11.8 Å². The van der Waals surface area contributed by atoms with Gasteiger partial charge < -0.3 is 9.80 Å². The molecular formula is C21H44N2O. The Morgan fingerprint density at radius 3 is 1.46 bits per heavy atom. The van der Waals surface area contributed by atoms with Gasteiger partial charge in [-0.3, -0.25) is 4.79 Å². The molecule has 0 aliphatic rings. The number of rotatable bonds is 17. The number of hydrogen-bond donors (Lipinski definition) is 0. The van der Waals surface area contributed by atoms with Crippen molar-refractivity contribution in [1.82, 2.24) is 9.80 Å². The first-order chi connectivity index (χ1) is 11.6. The summed E-state index contributed by atoms with van der Waals surface area (Å²) < 4.78 is 0. The van der Waals surface area contributed by atoms with Crippen LogP contribution in [0, 0.1) is 0 Å². The van der Waals surface area contributed by atoms with Crippen LogP contribution in [0.4, 0.5) is 0 Å². The smallest absolute Gasteiger partial charge is 0.222 e. The van der Waals surface area contributed by atoms with E-state index >= 15 is 0 Å². The molecule has 0 rings (SSSR count). The maximum absolute atomic E-state index is 12.0. The molecule has 24 heavy (non-hydrogen) atoms. The molecule has 1 amide bonds. The minimum Gasteiger partial charge on any atom is -0.344 e.